The van der Waals surface area contributed by atoms with E-state index in [-0.39, 0.29) is 12.4 Å². The van der Waals surface area contributed by atoms with Gasteiger partial charge in [-0.25, -0.2) is 0 Å². The van der Waals surface area contributed by atoms with E-state index in [1.165, 1.54) is 103 Å². The smallest absolute Gasteiger partial charge is 0.0810 e. The van der Waals surface area contributed by atoms with Gasteiger partial charge >= 0.3 is 0 Å². The molecule has 1 aliphatic heterocycles. The lowest BCUT2D eigenvalue weighted by Gasteiger charge is -2.06. The number of nitrogens with one attached hydrogen (secondary N) is 1. The van der Waals surface area contributed by atoms with Crippen molar-refractivity contribution in [1.82, 2.24) is 0 Å². The molecule has 0 saturated carbocycles. The van der Waals surface area contributed by atoms with Crippen LogP contribution in [0, 0.1) is 0 Å². The summed E-state index contributed by atoms with van der Waals surface area (Å²) < 4.78 is 5.24. The monoisotopic (exact) mass is 347 g/mol. The van der Waals surface area contributed by atoms with Gasteiger partial charge in [0.15, 0.2) is 0 Å². The quantitative estimate of drug-likeness (QED) is 0.311. The number of epoxide rings is 1. The molecule has 1 aliphatic rings. The Hall–Kier alpha value is 0.210. The van der Waals surface area contributed by atoms with E-state index in [2.05, 4.69) is 14.1 Å². The summed E-state index contributed by atoms with van der Waals surface area (Å²) >= 11 is 0. The van der Waals surface area contributed by atoms with Crippen molar-refractivity contribution in [2.75, 3.05) is 27.2 Å². The maximum Gasteiger partial charge on any atom is 0.0810 e. The predicted molar refractivity (Wildman–Crippen MR) is 96.7 cm³/mol. The first-order valence-electron chi connectivity index (χ1n) is 10.2. The molecule has 0 aromatic heterocycles. The number of ether oxygens (including phenoxy) is 1. The zero-order valence-electron chi connectivity index (χ0n) is 15.9. The van der Waals surface area contributed by atoms with Crippen molar-refractivity contribution in [2.24, 2.45) is 0 Å². The fourth-order valence-electron chi connectivity index (χ4n) is 3.21. The Labute approximate surface area is 152 Å². The summed E-state index contributed by atoms with van der Waals surface area (Å²) in [5.74, 6) is 0. The van der Waals surface area contributed by atoms with Gasteiger partial charge < -0.3 is 22.0 Å². The summed E-state index contributed by atoms with van der Waals surface area (Å²) in [6.07, 6.45) is 22.3. The lowest BCUT2D eigenvalue weighted by molar-refractivity contribution is -0.858. The molecular formula is C20H42ClNO. The minimum Gasteiger partial charge on any atom is -1.00 e. The number of quaternary nitrogens is 1. The van der Waals surface area contributed by atoms with E-state index in [1.54, 1.807) is 4.90 Å². The van der Waals surface area contributed by atoms with Crippen LogP contribution in [0.1, 0.15) is 96.3 Å². The second-order valence-corrected chi connectivity index (χ2v) is 7.65. The Morgan fingerprint density at radius 1 is 0.652 bits per heavy atom. The summed E-state index contributed by atoms with van der Waals surface area (Å²) in [5.41, 5.74) is 0. The molecule has 0 amide bonds. The van der Waals surface area contributed by atoms with Gasteiger partial charge in [-0.2, -0.15) is 0 Å². The van der Waals surface area contributed by atoms with Gasteiger partial charge in [0.1, 0.15) is 0 Å². The van der Waals surface area contributed by atoms with E-state index in [0.29, 0.717) is 6.10 Å². The summed E-state index contributed by atoms with van der Waals surface area (Å²) in [7, 11) is 4.51. The molecule has 0 aromatic rings. The molecule has 23 heavy (non-hydrogen) atoms. The molecule has 0 spiro atoms. The third kappa shape index (κ3) is 18.4. The van der Waals surface area contributed by atoms with Gasteiger partial charge in [-0.15, -0.1) is 0 Å². The van der Waals surface area contributed by atoms with Crippen molar-refractivity contribution >= 4 is 0 Å². The van der Waals surface area contributed by atoms with Gasteiger partial charge in [-0.3, -0.25) is 0 Å². The van der Waals surface area contributed by atoms with Crippen LogP contribution in [0.25, 0.3) is 0 Å². The van der Waals surface area contributed by atoms with Crippen LogP contribution >= 0.6 is 0 Å². The predicted octanol–water partition coefficient (Wildman–Crippen LogP) is 1.39. The normalized spacial score (nSPS) is 16.6. The van der Waals surface area contributed by atoms with Crippen molar-refractivity contribution in [3.8, 4) is 0 Å². The fourth-order valence-corrected chi connectivity index (χ4v) is 3.21. The van der Waals surface area contributed by atoms with Gasteiger partial charge in [0.05, 0.1) is 33.4 Å². The van der Waals surface area contributed by atoms with Crippen LogP contribution in [0.3, 0.4) is 0 Å². The number of halogens is 1. The van der Waals surface area contributed by atoms with E-state index >= 15 is 0 Å². The van der Waals surface area contributed by atoms with Gasteiger partial charge in [0.2, 0.25) is 0 Å². The summed E-state index contributed by atoms with van der Waals surface area (Å²) in [4.78, 5) is 1.59. The van der Waals surface area contributed by atoms with Crippen LogP contribution in [0.4, 0.5) is 0 Å². The Kier molecular flexibility index (Phi) is 17.2. The van der Waals surface area contributed by atoms with E-state index in [9.17, 15) is 0 Å². The summed E-state index contributed by atoms with van der Waals surface area (Å²) in [6, 6.07) is 0. The zero-order chi connectivity index (χ0) is 15.9. The van der Waals surface area contributed by atoms with Crippen LogP contribution in [0.15, 0.2) is 0 Å². The lowest BCUT2D eigenvalue weighted by atomic mass is 10.0. The first-order chi connectivity index (χ1) is 10.8. The molecule has 1 fully saturated rings. The van der Waals surface area contributed by atoms with Crippen molar-refractivity contribution in [1.29, 1.82) is 0 Å². The van der Waals surface area contributed by atoms with Crippen molar-refractivity contribution in [3.05, 3.63) is 0 Å². The van der Waals surface area contributed by atoms with Crippen molar-refractivity contribution in [2.45, 2.75) is 102 Å². The first kappa shape index (κ1) is 23.2. The lowest BCUT2D eigenvalue weighted by Crippen LogP contribution is -3.05. The molecule has 2 nitrogen and oxygen atoms in total. The molecule has 1 saturated heterocycles. The fraction of sp³-hybridized carbons (Fsp3) is 1.00. The Bertz CT molecular complexity index is 216. The topological polar surface area (TPSA) is 17.0 Å². The number of unbranched alkanes of at least 4 members (excludes halogenated alkanes) is 13. The van der Waals surface area contributed by atoms with Gasteiger partial charge in [0.25, 0.3) is 0 Å². The van der Waals surface area contributed by atoms with E-state index < -0.39 is 0 Å². The average molecular weight is 348 g/mol. The van der Waals surface area contributed by atoms with E-state index in [1.807, 2.05) is 0 Å². The van der Waals surface area contributed by atoms with Gasteiger partial charge in [-0.05, 0) is 19.3 Å². The molecule has 1 atom stereocenters. The second kappa shape index (κ2) is 17.0. The highest BCUT2D eigenvalue weighted by atomic mass is 35.5. The first-order valence-corrected chi connectivity index (χ1v) is 10.2. The summed E-state index contributed by atoms with van der Waals surface area (Å²) in [5, 5.41) is 0. The maximum absolute atomic E-state index is 5.24. The van der Waals surface area contributed by atoms with Gasteiger partial charge in [0, 0.05) is 0 Å². The Balaban J connectivity index is 0.00000484. The Morgan fingerprint density at radius 3 is 1.35 bits per heavy atom. The summed E-state index contributed by atoms with van der Waals surface area (Å²) in [6.45, 7) is 2.38. The molecule has 3 heteroatoms. The number of rotatable bonds is 17. The SMILES string of the molecule is C[NH+](C)CCCCCCCCCCCCCCCCC1CO1.[Cl-]. The molecular weight excluding hydrogens is 306 g/mol. The van der Waals surface area contributed by atoms with Crippen LogP contribution < -0.4 is 17.3 Å². The zero-order valence-corrected chi connectivity index (χ0v) is 16.6. The molecule has 0 bridgehead atoms. The Morgan fingerprint density at radius 2 is 1.00 bits per heavy atom. The van der Waals surface area contributed by atoms with Crippen molar-refractivity contribution < 1.29 is 22.0 Å². The number of hydrogen-bond acceptors (Lipinski definition) is 1. The third-order valence-electron chi connectivity index (χ3n) is 4.86. The van der Waals surface area contributed by atoms with Gasteiger partial charge in [-0.1, -0.05) is 77.0 Å². The molecule has 0 aromatic carbocycles. The molecule has 0 aliphatic carbocycles. The molecule has 1 rings (SSSR count). The third-order valence-corrected chi connectivity index (χ3v) is 4.86. The van der Waals surface area contributed by atoms with E-state index in [4.69, 9.17) is 4.74 Å². The van der Waals surface area contributed by atoms with Crippen LogP contribution in [-0.2, 0) is 4.74 Å². The standard InChI is InChI=1S/C20H41NO.ClH/c1-21(2)18-16-14-12-10-8-6-4-3-5-7-9-11-13-15-17-20-19-22-20;/h20H,3-19H2,1-2H3;1H. The van der Waals surface area contributed by atoms with Crippen LogP contribution in [0.2, 0.25) is 0 Å². The average Bonchev–Trinajstić information content (AvgIpc) is 3.30. The highest BCUT2D eigenvalue weighted by molar-refractivity contribution is 4.68. The molecule has 0 radical (unpaired) electrons. The van der Waals surface area contributed by atoms with Crippen LogP contribution in [0.5, 0.6) is 0 Å². The van der Waals surface area contributed by atoms with Crippen LogP contribution in [-0.4, -0.2) is 33.4 Å². The number of hydrogen-bond donors (Lipinski definition) is 1. The molecule has 1 heterocycles. The van der Waals surface area contributed by atoms with E-state index in [0.717, 1.165) is 6.61 Å². The molecule has 1 N–H and O–H groups in total. The highest BCUT2D eigenvalue weighted by Crippen LogP contribution is 2.18. The molecule has 140 valence electrons. The second-order valence-electron chi connectivity index (χ2n) is 7.65. The minimum absolute atomic E-state index is 0. The highest BCUT2D eigenvalue weighted by Gasteiger charge is 2.20. The largest absolute Gasteiger partial charge is 1.00 e. The minimum atomic E-state index is 0. The van der Waals surface area contributed by atoms with Crippen molar-refractivity contribution in [3.63, 3.8) is 0 Å². The maximum atomic E-state index is 5.24. The molecule has 1 unspecified atom stereocenters.